The summed E-state index contributed by atoms with van der Waals surface area (Å²) in [7, 11) is 1.36. The van der Waals surface area contributed by atoms with Crippen LogP contribution in [0.5, 0.6) is 5.75 Å². The number of benzene rings is 1. The summed E-state index contributed by atoms with van der Waals surface area (Å²) in [4.78, 5) is 33.2. The molecular weight excluding hydrogens is 282 g/mol. The number of nitro benzene ring substituents is 1. The van der Waals surface area contributed by atoms with E-state index >= 15 is 0 Å². The van der Waals surface area contributed by atoms with Gasteiger partial charge >= 0.3 is 5.97 Å². The zero-order chi connectivity index (χ0) is 16.0. The number of carbonyl (C=O) groups excluding carboxylic acids is 1. The second kappa shape index (κ2) is 7.20. The molecule has 1 amide bonds. The van der Waals surface area contributed by atoms with Gasteiger partial charge in [0, 0.05) is 12.6 Å². The molecule has 0 fully saturated rings. The van der Waals surface area contributed by atoms with E-state index in [2.05, 4.69) is 0 Å². The van der Waals surface area contributed by atoms with Crippen LogP contribution in [0.2, 0.25) is 0 Å². The van der Waals surface area contributed by atoms with E-state index in [4.69, 9.17) is 15.6 Å². The van der Waals surface area contributed by atoms with Crippen LogP contribution in [0.3, 0.4) is 0 Å². The third kappa shape index (κ3) is 5.45. The molecule has 9 heteroatoms. The van der Waals surface area contributed by atoms with Gasteiger partial charge in [-0.25, -0.2) is 0 Å². The highest BCUT2D eigenvalue weighted by Crippen LogP contribution is 2.23. The Balaban J connectivity index is 3.01. The third-order valence-corrected chi connectivity index (χ3v) is 2.54. The van der Waals surface area contributed by atoms with Crippen molar-refractivity contribution in [2.24, 2.45) is 5.73 Å². The third-order valence-electron chi connectivity index (χ3n) is 2.54. The van der Waals surface area contributed by atoms with E-state index in [0.29, 0.717) is 5.56 Å². The highest BCUT2D eigenvalue weighted by molar-refractivity contribution is 5.77. The van der Waals surface area contributed by atoms with E-state index in [1.807, 2.05) is 0 Å². The maximum absolute atomic E-state index is 10.9. The number of non-ortho nitro benzene ring substituents is 1. The summed E-state index contributed by atoms with van der Waals surface area (Å²) in [5.41, 5.74) is 5.32. The number of amides is 1. The predicted octanol–water partition coefficient (Wildman–Crippen LogP) is -0.0247. The summed E-state index contributed by atoms with van der Waals surface area (Å²) >= 11 is 0. The van der Waals surface area contributed by atoms with E-state index in [-0.39, 0.29) is 24.5 Å². The molecule has 0 saturated carbocycles. The van der Waals surface area contributed by atoms with Crippen molar-refractivity contribution in [3.8, 4) is 5.75 Å². The van der Waals surface area contributed by atoms with Crippen LogP contribution in [0.1, 0.15) is 5.56 Å². The molecule has 0 atom stereocenters. The number of ether oxygens (including phenoxy) is 1. The number of nitrogens with zero attached hydrogens (tertiary/aromatic N) is 2. The van der Waals surface area contributed by atoms with E-state index in [1.54, 1.807) is 0 Å². The van der Waals surface area contributed by atoms with E-state index < -0.39 is 23.3 Å². The summed E-state index contributed by atoms with van der Waals surface area (Å²) in [6.07, 6.45) is 0. The fourth-order valence-corrected chi connectivity index (χ4v) is 1.80. The molecule has 0 aliphatic heterocycles. The molecule has 0 heterocycles. The summed E-state index contributed by atoms with van der Waals surface area (Å²) < 4.78 is 4.96. The minimum atomic E-state index is -1.13. The van der Waals surface area contributed by atoms with Gasteiger partial charge in [-0.2, -0.15) is 0 Å². The monoisotopic (exact) mass is 297 g/mol. The molecule has 9 nitrogen and oxygen atoms in total. The number of carboxylic acid groups (broad SMARTS) is 1. The fraction of sp³-hybridized carbons (Fsp3) is 0.333. The zero-order valence-corrected chi connectivity index (χ0v) is 11.3. The highest BCUT2D eigenvalue weighted by Gasteiger charge is 2.16. The van der Waals surface area contributed by atoms with E-state index in [1.165, 1.54) is 30.2 Å². The quantitative estimate of drug-likeness (QED) is 0.508. The summed E-state index contributed by atoms with van der Waals surface area (Å²) in [6.45, 7) is -0.654. The first-order valence-electron chi connectivity index (χ1n) is 5.86. The van der Waals surface area contributed by atoms with Crippen LogP contribution in [0.15, 0.2) is 18.2 Å². The molecule has 3 N–H and O–H groups in total. The van der Waals surface area contributed by atoms with Gasteiger partial charge in [0.15, 0.2) is 0 Å². The predicted molar refractivity (Wildman–Crippen MR) is 71.8 cm³/mol. The Kier molecular flexibility index (Phi) is 5.61. The van der Waals surface area contributed by atoms with Gasteiger partial charge in [-0.1, -0.05) is 0 Å². The van der Waals surface area contributed by atoms with Crippen molar-refractivity contribution in [3.05, 3.63) is 33.9 Å². The van der Waals surface area contributed by atoms with Gasteiger partial charge in [0.05, 0.1) is 31.2 Å². The van der Waals surface area contributed by atoms with Crippen LogP contribution in [0, 0.1) is 10.1 Å². The average Bonchev–Trinajstić information content (AvgIpc) is 2.36. The van der Waals surface area contributed by atoms with Crippen molar-refractivity contribution >= 4 is 17.6 Å². The Hall–Kier alpha value is -2.68. The van der Waals surface area contributed by atoms with Crippen LogP contribution in [0.4, 0.5) is 5.69 Å². The minimum absolute atomic E-state index is 0.0211. The van der Waals surface area contributed by atoms with Crippen molar-refractivity contribution in [1.82, 2.24) is 4.90 Å². The average molecular weight is 297 g/mol. The van der Waals surface area contributed by atoms with Gasteiger partial charge in [0.1, 0.15) is 5.75 Å². The molecule has 1 rings (SSSR count). The first-order valence-corrected chi connectivity index (χ1v) is 5.86. The lowest BCUT2D eigenvalue weighted by Gasteiger charge is -2.18. The van der Waals surface area contributed by atoms with Crippen LogP contribution in [0.25, 0.3) is 0 Å². The Morgan fingerprint density at radius 1 is 1.38 bits per heavy atom. The smallest absolute Gasteiger partial charge is 0.317 e. The normalized spacial score (nSPS) is 10.4. The topological polar surface area (TPSA) is 136 Å². The Morgan fingerprint density at radius 2 is 2.05 bits per heavy atom. The van der Waals surface area contributed by atoms with Crippen LogP contribution < -0.4 is 10.5 Å². The summed E-state index contributed by atoms with van der Waals surface area (Å²) in [5, 5.41) is 19.6. The summed E-state index contributed by atoms with van der Waals surface area (Å²) in [6, 6.07) is 4.07. The van der Waals surface area contributed by atoms with Gasteiger partial charge in [-0.05, 0) is 11.6 Å². The molecule has 1 aromatic carbocycles. The molecule has 0 spiro atoms. The maximum Gasteiger partial charge on any atom is 0.317 e. The first kappa shape index (κ1) is 16.4. The minimum Gasteiger partial charge on any atom is -0.496 e. The Bertz CT molecular complexity index is 544. The number of hydrogen-bond acceptors (Lipinski definition) is 6. The molecular formula is C12H15N3O6. The second-order valence-corrected chi connectivity index (χ2v) is 4.30. The lowest BCUT2D eigenvalue weighted by atomic mass is 10.1. The van der Waals surface area contributed by atoms with Crippen molar-refractivity contribution in [1.29, 1.82) is 0 Å². The Labute approximate surface area is 120 Å². The van der Waals surface area contributed by atoms with Crippen LogP contribution in [-0.2, 0) is 16.1 Å². The molecule has 0 unspecified atom stereocenters. The van der Waals surface area contributed by atoms with E-state index in [9.17, 15) is 19.7 Å². The molecule has 0 aliphatic rings. The molecule has 0 aliphatic carbocycles. The van der Waals surface area contributed by atoms with Gasteiger partial charge in [-0.3, -0.25) is 24.6 Å². The molecule has 0 bridgehead atoms. The van der Waals surface area contributed by atoms with Crippen molar-refractivity contribution in [3.63, 3.8) is 0 Å². The van der Waals surface area contributed by atoms with Crippen LogP contribution >= 0.6 is 0 Å². The highest BCUT2D eigenvalue weighted by atomic mass is 16.6. The lowest BCUT2D eigenvalue weighted by molar-refractivity contribution is -0.385. The van der Waals surface area contributed by atoms with Crippen molar-refractivity contribution < 1.29 is 24.4 Å². The molecule has 1 aromatic rings. The van der Waals surface area contributed by atoms with Crippen molar-refractivity contribution in [2.75, 3.05) is 20.2 Å². The number of nitrogens with two attached hydrogens (primary N) is 1. The fourth-order valence-electron chi connectivity index (χ4n) is 1.80. The molecule has 21 heavy (non-hydrogen) atoms. The standard InChI is InChI=1S/C12H15N3O6/c1-21-10-3-8(2-9(4-10)15(19)20)5-14(6-11(13)16)7-12(17)18/h2-4H,5-7H2,1H3,(H2,13,16)(H,17,18). The number of methoxy groups -OCH3 is 1. The van der Waals surface area contributed by atoms with Gasteiger partial charge < -0.3 is 15.6 Å². The van der Waals surface area contributed by atoms with Crippen molar-refractivity contribution in [2.45, 2.75) is 6.54 Å². The largest absolute Gasteiger partial charge is 0.496 e. The first-order chi connectivity index (χ1) is 9.81. The number of carbonyl (C=O) groups is 2. The Morgan fingerprint density at radius 3 is 2.52 bits per heavy atom. The SMILES string of the molecule is COc1cc(CN(CC(N)=O)CC(=O)O)cc([N+](=O)[O-])c1. The number of hydrogen-bond donors (Lipinski definition) is 2. The van der Waals surface area contributed by atoms with Gasteiger partial charge in [0.25, 0.3) is 5.69 Å². The van der Waals surface area contributed by atoms with Gasteiger partial charge in [-0.15, -0.1) is 0 Å². The second-order valence-electron chi connectivity index (χ2n) is 4.30. The number of primary amides is 1. The lowest BCUT2D eigenvalue weighted by Crippen LogP contribution is -2.36. The van der Waals surface area contributed by atoms with E-state index in [0.717, 1.165) is 0 Å². The summed E-state index contributed by atoms with van der Waals surface area (Å²) in [5.74, 6) is -1.55. The van der Waals surface area contributed by atoms with Crippen LogP contribution in [-0.4, -0.2) is 47.0 Å². The molecule has 114 valence electrons. The molecule has 0 aromatic heterocycles. The number of rotatable bonds is 8. The zero-order valence-electron chi connectivity index (χ0n) is 11.3. The number of aliphatic carboxylic acids is 1. The number of nitro groups is 1. The molecule has 0 radical (unpaired) electrons. The molecule has 0 saturated heterocycles. The number of carboxylic acids is 1. The maximum atomic E-state index is 10.9. The van der Waals surface area contributed by atoms with Gasteiger partial charge in [0.2, 0.25) is 5.91 Å².